The molecule has 3 aromatic carbocycles. The third kappa shape index (κ3) is 6.35. The van der Waals surface area contributed by atoms with Crippen molar-refractivity contribution >= 4 is 29.3 Å². The first kappa shape index (κ1) is 22.9. The minimum Gasteiger partial charge on any atom is -0.508 e. The Balaban J connectivity index is 1.70. The first-order chi connectivity index (χ1) is 16.0. The van der Waals surface area contributed by atoms with Gasteiger partial charge in [0.2, 0.25) is 0 Å². The van der Waals surface area contributed by atoms with Crippen molar-refractivity contribution in [3.05, 3.63) is 83.9 Å². The van der Waals surface area contributed by atoms with Crippen molar-refractivity contribution in [1.29, 1.82) is 5.26 Å². The number of methoxy groups -OCH3 is 1. The van der Waals surface area contributed by atoms with Crippen LogP contribution in [0, 0.1) is 11.3 Å². The van der Waals surface area contributed by atoms with E-state index < -0.39 is 11.8 Å². The number of phenols is 1. The molecule has 0 heterocycles. The fourth-order valence-corrected chi connectivity index (χ4v) is 2.86. The highest BCUT2D eigenvalue weighted by Crippen LogP contribution is 2.24. The van der Waals surface area contributed by atoms with E-state index >= 15 is 0 Å². The van der Waals surface area contributed by atoms with E-state index in [0.717, 1.165) is 0 Å². The maximum atomic E-state index is 12.5. The molecule has 0 aliphatic carbocycles. The molecule has 0 spiro atoms. The Kier molecular flexibility index (Phi) is 7.65. The van der Waals surface area contributed by atoms with Crippen LogP contribution >= 0.6 is 0 Å². The predicted molar refractivity (Wildman–Crippen MR) is 124 cm³/mol. The quantitative estimate of drug-likeness (QED) is 0.275. The van der Waals surface area contributed by atoms with Crippen molar-refractivity contribution in [2.75, 3.05) is 24.4 Å². The zero-order chi connectivity index (χ0) is 23.6. The Bertz CT molecular complexity index is 1210. The zero-order valence-electron chi connectivity index (χ0n) is 17.7. The number of anilines is 2. The number of aromatic hydroxyl groups is 1. The number of ether oxygens (including phenoxy) is 2. The summed E-state index contributed by atoms with van der Waals surface area (Å²) in [6, 6.07) is 21.5. The van der Waals surface area contributed by atoms with Crippen LogP contribution in [0.5, 0.6) is 17.2 Å². The number of benzene rings is 3. The molecule has 0 aliphatic rings. The van der Waals surface area contributed by atoms with Gasteiger partial charge in [0.1, 0.15) is 28.9 Å². The fourth-order valence-electron chi connectivity index (χ4n) is 2.86. The number of nitrogens with one attached hydrogen (secondary N) is 2. The van der Waals surface area contributed by atoms with Crippen LogP contribution in [-0.4, -0.2) is 30.6 Å². The Morgan fingerprint density at radius 3 is 2.33 bits per heavy atom. The summed E-state index contributed by atoms with van der Waals surface area (Å²) in [4.78, 5) is 24.8. The Hall–Kier alpha value is -4.77. The molecular formula is C25H21N3O5. The molecule has 0 aromatic heterocycles. The summed E-state index contributed by atoms with van der Waals surface area (Å²) in [6.45, 7) is -0.287. The minimum absolute atomic E-state index is 0.0601. The average Bonchev–Trinajstić information content (AvgIpc) is 2.83. The van der Waals surface area contributed by atoms with Crippen molar-refractivity contribution in [3.63, 3.8) is 0 Å². The normalized spacial score (nSPS) is 10.6. The highest BCUT2D eigenvalue weighted by atomic mass is 16.5. The topological polar surface area (TPSA) is 121 Å². The number of hydrogen-bond acceptors (Lipinski definition) is 6. The number of hydrogen-bond donors (Lipinski definition) is 3. The van der Waals surface area contributed by atoms with Gasteiger partial charge in [0, 0.05) is 11.3 Å². The predicted octanol–water partition coefficient (Wildman–Crippen LogP) is 3.96. The lowest BCUT2D eigenvalue weighted by molar-refractivity contribution is -0.118. The summed E-state index contributed by atoms with van der Waals surface area (Å²) in [7, 11) is 1.51. The number of phenolic OH excluding ortho intramolecular Hbond substituents is 1. The lowest BCUT2D eigenvalue weighted by atomic mass is 10.1. The van der Waals surface area contributed by atoms with Crippen molar-refractivity contribution in [2.45, 2.75) is 0 Å². The van der Waals surface area contributed by atoms with Crippen LogP contribution < -0.4 is 20.1 Å². The number of nitriles is 1. The van der Waals surface area contributed by atoms with Crippen LogP contribution in [0.4, 0.5) is 11.4 Å². The second-order valence-electron chi connectivity index (χ2n) is 6.75. The smallest absolute Gasteiger partial charge is 0.266 e. The van der Waals surface area contributed by atoms with Crippen LogP contribution in [0.15, 0.2) is 78.4 Å². The van der Waals surface area contributed by atoms with E-state index in [1.165, 1.54) is 37.5 Å². The van der Waals surface area contributed by atoms with Gasteiger partial charge in [0.05, 0.1) is 12.8 Å². The van der Waals surface area contributed by atoms with Crippen LogP contribution in [0.1, 0.15) is 5.56 Å². The molecule has 0 bridgehead atoms. The summed E-state index contributed by atoms with van der Waals surface area (Å²) >= 11 is 0. The molecular weight excluding hydrogens is 422 g/mol. The zero-order valence-corrected chi connectivity index (χ0v) is 17.7. The molecule has 0 saturated heterocycles. The summed E-state index contributed by atoms with van der Waals surface area (Å²) in [5.41, 5.74) is 1.24. The second-order valence-corrected chi connectivity index (χ2v) is 6.75. The van der Waals surface area contributed by atoms with Crippen LogP contribution in [0.2, 0.25) is 0 Å². The summed E-state index contributed by atoms with van der Waals surface area (Å²) in [5.74, 6) is -0.106. The van der Waals surface area contributed by atoms with Crippen LogP contribution in [-0.2, 0) is 9.59 Å². The van der Waals surface area contributed by atoms with Crippen molar-refractivity contribution in [1.82, 2.24) is 0 Å². The molecule has 33 heavy (non-hydrogen) atoms. The first-order valence-corrected chi connectivity index (χ1v) is 9.87. The molecule has 166 valence electrons. The SMILES string of the molecule is COc1ccccc1NC(=O)COc1ccccc1C=C(C#N)C(=O)Nc1ccc(O)cc1. The molecule has 3 aromatic rings. The van der Waals surface area contributed by atoms with Gasteiger partial charge in [-0.3, -0.25) is 9.59 Å². The molecule has 8 nitrogen and oxygen atoms in total. The standard InChI is InChI=1S/C25H21N3O5/c1-32-23-9-5-3-7-21(23)28-24(30)16-33-22-8-4-2-6-17(22)14-18(15-26)25(31)27-19-10-12-20(29)13-11-19/h2-14,29H,16H2,1H3,(H,27,31)(H,28,30). The first-order valence-electron chi connectivity index (χ1n) is 9.87. The van der Waals surface area contributed by atoms with E-state index in [1.54, 1.807) is 48.5 Å². The molecule has 3 N–H and O–H groups in total. The van der Waals surface area contributed by atoms with Crippen molar-refractivity contribution < 1.29 is 24.2 Å². The minimum atomic E-state index is -0.619. The van der Waals surface area contributed by atoms with Gasteiger partial charge in [-0.1, -0.05) is 30.3 Å². The molecule has 0 fully saturated rings. The van der Waals surface area contributed by atoms with E-state index in [1.807, 2.05) is 6.07 Å². The number of amides is 2. The van der Waals surface area contributed by atoms with Gasteiger partial charge in [-0.25, -0.2) is 0 Å². The molecule has 0 aliphatic heterocycles. The fraction of sp³-hybridized carbons (Fsp3) is 0.0800. The monoisotopic (exact) mass is 443 g/mol. The third-order valence-electron chi connectivity index (χ3n) is 4.45. The second kappa shape index (κ2) is 11.0. The van der Waals surface area contributed by atoms with Crippen molar-refractivity contribution in [3.8, 4) is 23.3 Å². The molecule has 0 saturated carbocycles. The highest BCUT2D eigenvalue weighted by Gasteiger charge is 2.13. The number of nitrogens with zero attached hydrogens (tertiary/aromatic N) is 1. The van der Waals surface area contributed by atoms with Gasteiger partial charge < -0.3 is 25.2 Å². The number of carbonyl (C=O) groups is 2. The maximum absolute atomic E-state index is 12.5. The molecule has 0 atom stereocenters. The summed E-state index contributed by atoms with van der Waals surface area (Å²) in [5, 5.41) is 24.1. The summed E-state index contributed by atoms with van der Waals surface area (Å²) < 4.78 is 10.8. The van der Waals surface area contributed by atoms with E-state index in [2.05, 4.69) is 10.6 Å². The Labute approximate surface area is 190 Å². The van der Waals surface area contributed by atoms with E-state index in [0.29, 0.717) is 28.4 Å². The summed E-state index contributed by atoms with van der Waals surface area (Å²) in [6.07, 6.45) is 1.38. The molecule has 3 rings (SSSR count). The molecule has 8 heteroatoms. The van der Waals surface area contributed by atoms with E-state index in [9.17, 15) is 20.0 Å². The van der Waals surface area contributed by atoms with Crippen LogP contribution in [0.25, 0.3) is 6.08 Å². The van der Waals surface area contributed by atoms with E-state index in [-0.39, 0.29) is 17.9 Å². The molecule has 0 unspecified atom stereocenters. The van der Waals surface area contributed by atoms with Crippen molar-refractivity contribution in [2.24, 2.45) is 0 Å². The molecule has 0 radical (unpaired) electrons. The average molecular weight is 443 g/mol. The lowest BCUT2D eigenvalue weighted by Crippen LogP contribution is -2.20. The number of carbonyl (C=O) groups excluding carboxylic acids is 2. The lowest BCUT2D eigenvalue weighted by Gasteiger charge is -2.12. The molecule has 2 amide bonds. The highest BCUT2D eigenvalue weighted by molar-refractivity contribution is 6.09. The number of para-hydroxylation sites is 3. The Morgan fingerprint density at radius 1 is 0.970 bits per heavy atom. The van der Waals surface area contributed by atoms with Gasteiger partial charge in [0.25, 0.3) is 11.8 Å². The van der Waals surface area contributed by atoms with Gasteiger partial charge in [-0.2, -0.15) is 5.26 Å². The van der Waals surface area contributed by atoms with Gasteiger partial charge in [-0.15, -0.1) is 0 Å². The van der Waals surface area contributed by atoms with Gasteiger partial charge in [-0.05, 0) is 48.5 Å². The number of rotatable bonds is 8. The maximum Gasteiger partial charge on any atom is 0.266 e. The van der Waals surface area contributed by atoms with Crippen LogP contribution in [0.3, 0.4) is 0 Å². The third-order valence-corrected chi connectivity index (χ3v) is 4.45. The van der Waals surface area contributed by atoms with Gasteiger partial charge >= 0.3 is 0 Å². The van der Waals surface area contributed by atoms with Gasteiger partial charge in [0.15, 0.2) is 6.61 Å². The van der Waals surface area contributed by atoms with E-state index in [4.69, 9.17) is 9.47 Å². The largest absolute Gasteiger partial charge is 0.508 e. The Morgan fingerprint density at radius 2 is 1.64 bits per heavy atom.